The van der Waals surface area contributed by atoms with Crippen molar-refractivity contribution >= 4 is 21.9 Å². The van der Waals surface area contributed by atoms with Crippen LogP contribution in [-0.4, -0.2) is 26.9 Å². The molecular weight excluding hydrogens is 318 g/mol. The van der Waals surface area contributed by atoms with Gasteiger partial charge in [-0.05, 0) is 18.1 Å². The molecule has 6 nitrogen and oxygen atoms in total. The lowest BCUT2D eigenvalue weighted by Crippen LogP contribution is -2.35. The first kappa shape index (κ1) is 16.5. The molecule has 21 heavy (non-hydrogen) atoms. The Morgan fingerprint density at radius 1 is 1.48 bits per heavy atom. The van der Waals surface area contributed by atoms with Crippen molar-refractivity contribution in [1.29, 1.82) is 0 Å². The number of hydrogen-bond donors (Lipinski definition) is 1. The average molecular weight is 336 g/mol. The second-order valence-corrected chi connectivity index (χ2v) is 6.91. The number of fused-ring (bicyclic) bond motifs is 1. The molecule has 0 radical (unpaired) electrons. The summed E-state index contributed by atoms with van der Waals surface area (Å²) in [5.41, 5.74) is 0.911. The zero-order valence-electron chi connectivity index (χ0n) is 11.8. The Kier molecular flexibility index (Phi) is 4.79. The molecule has 1 heterocycles. The molecule has 1 aliphatic rings. The highest BCUT2D eigenvalue weighted by Crippen LogP contribution is 2.36. The molecule has 1 unspecified atom stereocenters. The molecule has 1 aliphatic heterocycles. The molecule has 0 aromatic heterocycles. The van der Waals surface area contributed by atoms with Crippen molar-refractivity contribution in [2.75, 3.05) is 6.61 Å². The molecule has 0 amide bonds. The molecule has 0 aliphatic carbocycles. The summed E-state index contributed by atoms with van der Waals surface area (Å²) in [6, 6.07) is 5.49. The quantitative estimate of drug-likeness (QED) is 0.909. The van der Waals surface area contributed by atoms with Crippen LogP contribution in [0, 0.1) is 0 Å². The Morgan fingerprint density at radius 2 is 2.19 bits per heavy atom. The number of halogens is 1. The van der Waals surface area contributed by atoms with Gasteiger partial charge >= 0.3 is 10.3 Å². The normalized spacial score (nSPS) is 21.2. The van der Waals surface area contributed by atoms with Crippen LogP contribution in [0.25, 0.3) is 0 Å². The highest BCUT2D eigenvalue weighted by Gasteiger charge is 2.32. The summed E-state index contributed by atoms with van der Waals surface area (Å²) < 4.78 is 37.8. The van der Waals surface area contributed by atoms with E-state index in [1.165, 1.54) is 0 Å². The van der Waals surface area contributed by atoms with Gasteiger partial charge in [-0.2, -0.15) is 8.42 Å². The van der Waals surface area contributed by atoms with Crippen LogP contribution in [0.15, 0.2) is 18.2 Å². The highest BCUT2D eigenvalue weighted by atomic mass is 35.5. The smallest absolute Gasteiger partial charge is 0.333 e. The van der Waals surface area contributed by atoms with Crippen LogP contribution in [0.2, 0.25) is 5.02 Å². The molecule has 0 fully saturated rings. The summed E-state index contributed by atoms with van der Waals surface area (Å²) in [4.78, 5) is 0. The maximum Gasteiger partial charge on any atom is 0.333 e. The van der Waals surface area contributed by atoms with Crippen molar-refractivity contribution in [2.24, 2.45) is 5.14 Å². The minimum absolute atomic E-state index is 0.0462. The van der Waals surface area contributed by atoms with Gasteiger partial charge in [-0.1, -0.05) is 23.7 Å². The van der Waals surface area contributed by atoms with Gasteiger partial charge in [0.25, 0.3) is 0 Å². The molecular formula is C13H18ClNO5S. The molecule has 8 heteroatoms. The molecule has 1 atom stereocenters. The van der Waals surface area contributed by atoms with E-state index in [1.807, 2.05) is 12.1 Å². The van der Waals surface area contributed by atoms with Crippen LogP contribution >= 0.6 is 11.6 Å². The van der Waals surface area contributed by atoms with Crippen LogP contribution in [0.5, 0.6) is 5.75 Å². The highest BCUT2D eigenvalue weighted by molar-refractivity contribution is 7.84. The Bertz CT molecular complexity index is 617. The van der Waals surface area contributed by atoms with Gasteiger partial charge in [-0.3, -0.25) is 4.18 Å². The molecule has 118 valence electrons. The van der Waals surface area contributed by atoms with Gasteiger partial charge in [0.1, 0.15) is 5.75 Å². The van der Waals surface area contributed by atoms with E-state index >= 15 is 0 Å². The van der Waals surface area contributed by atoms with Crippen molar-refractivity contribution < 1.29 is 22.1 Å². The first-order valence-corrected chi connectivity index (χ1v) is 8.32. The standard InChI is InChI=1S/C13H18ClNO5S/c1-13(2)19-10(6-7-18-21(15,16)17)8-9-4-3-5-11(14)12(9)20-13/h3-5,10H,6-8H2,1-2H3,(H2,15,16,17). The second-order valence-electron chi connectivity index (χ2n) is 5.28. The van der Waals surface area contributed by atoms with Gasteiger partial charge in [-0.15, -0.1) is 0 Å². The fraction of sp³-hybridized carbons (Fsp3) is 0.538. The van der Waals surface area contributed by atoms with E-state index in [2.05, 4.69) is 4.18 Å². The SMILES string of the molecule is CC1(C)Oc2c(Cl)cccc2CC(CCOS(N)(=O)=O)O1. The third-order valence-electron chi connectivity index (χ3n) is 2.98. The van der Waals surface area contributed by atoms with E-state index in [4.69, 9.17) is 26.2 Å². The number of ether oxygens (including phenoxy) is 2. The van der Waals surface area contributed by atoms with Crippen LogP contribution in [0.1, 0.15) is 25.8 Å². The summed E-state index contributed by atoms with van der Waals surface area (Å²) in [6.07, 6.45) is 0.657. The van der Waals surface area contributed by atoms with E-state index < -0.39 is 16.1 Å². The second kappa shape index (κ2) is 6.10. The summed E-state index contributed by atoms with van der Waals surface area (Å²) in [5, 5.41) is 5.32. The third kappa shape index (κ3) is 4.82. The number of nitrogens with two attached hydrogens (primary N) is 1. The molecule has 1 aromatic carbocycles. The van der Waals surface area contributed by atoms with Crippen LogP contribution in [-0.2, 0) is 25.6 Å². The van der Waals surface area contributed by atoms with Crippen molar-refractivity contribution in [1.82, 2.24) is 0 Å². The van der Waals surface area contributed by atoms with E-state index in [1.54, 1.807) is 19.9 Å². The Labute approximate surface area is 129 Å². The molecule has 1 aromatic rings. The predicted octanol–water partition coefficient (Wildman–Crippen LogP) is 2.01. The first-order chi connectivity index (χ1) is 9.66. The maximum absolute atomic E-state index is 10.8. The summed E-state index contributed by atoms with van der Waals surface area (Å²) in [7, 11) is -3.94. The van der Waals surface area contributed by atoms with Crippen molar-refractivity contribution in [3.05, 3.63) is 28.8 Å². The van der Waals surface area contributed by atoms with Gasteiger partial charge in [-0.25, -0.2) is 5.14 Å². The zero-order chi connectivity index (χ0) is 15.7. The average Bonchev–Trinajstić information content (AvgIpc) is 2.43. The fourth-order valence-electron chi connectivity index (χ4n) is 2.24. The molecule has 2 rings (SSSR count). The molecule has 0 spiro atoms. The van der Waals surface area contributed by atoms with E-state index in [0.717, 1.165) is 5.56 Å². The van der Waals surface area contributed by atoms with Crippen LogP contribution in [0.3, 0.4) is 0 Å². The van der Waals surface area contributed by atoms with E-state index in [-0.39, 0.29) is 12.7 Å². The van der Waals surface area contributed by atoms with Gasteiger partial charge in [0.15, 0.2) is 0 Å². The summed E-state index contributed by atoms with van der Waals surface area (Å²) in [6.45, 7) is 3.51. The van der Waals surface area contributed by atoms with Crippen molar-refractivity contribution in [3.8, 4) is 5.75 Å². The zero-order valence-corrected chi connectivity index (χ0v) is 13.4. The lowest BCUT2D eigenvalue weighted by Gasteiger charge is -2.28. The van der Waals surface area contributed by atoms with Crippen LogP contribution in [0.4, 0.5) is 0 Å². The molecule has 2 N–H and O–H groups in total. The summed E-state index contributed by atoms with van der Waals surface area (Å²) in [5.74, 6) is -0.276. The van der Waals surface area contributed by atoms with E-state index in [9.17, 15) is 8.42 Å². The lowest BCUT2D eigenvalue weighted by atomic mass is 10.1. The first-order valence-electron chi connectivity index (χ1n) is 6.48. The minimum atomic E-state index is -3.94. The van der Waals surface area contributed by atoms with Gasteiger partial charge in [0.2, 0.25) is 5.79 Å². The number of rotatable bonds is 4. The Balaban J connectivity index is 2.14. The monoisotopic (exact) mass is 335 g/mol. The molecule has 0 saturated carbocycles. The van der Waals surface area contributed by atoms with Crippen molar-refractivity contribution in [2.45, 2.75) is 38.6 Å². The lowest BCUT2D eigenvalue weighted by molar-refractivity contribution is -0.183. The van der Waals surface area contributed by atoms with Gasteiger partial charge in [0.05, 0.1) is 17.7 Å². The Morgan fingerprint density at radius 3 is 2.86 bits per heavy atom. The molecule has 0 bridgehead atoms. The third-order valence-corrected chi connectivity index (χ3v) is 3.77. The maximum atomic E-state index is 10.8. The van der Waals surface area contributed by atoms with Crippen molar-refractivity contribution in [3.63, 3.8) is 0 Å². The largest absolute Gasteiger partial charge is 0.461 e. The minimum Gasteiger partial charge on any atom is -0.461 e. The Hall–Kier alpha value is -0.860. The van der Waals surface area contributed by atoms with Crippen LogP contribution < -0.4 is 9.88 Å². The molecule has 0 saturated heterocycles. The predicted molar refractivity (Wildman–Crippen MR) is 78.4 cm³/mol. The van der Waals surface area contributed by atoms with E-state index in [0.29, 0.717) is 23.6 Å². The van der Waals surface area contributed by atoms with Gasteiger partial charge in [0, 0.05) is 20.3 Å². The number of hydrogen-bond acceptors (Lipinski definition) is 5. The number of benzene rings is 1. The number of para-hydroxylation sites is 1. The fourth-order valence-corrected chi connectivity index (χ4v) is 2.80. The topological polar surface area (TPSA) is 87.9 Å². The summed E-state index contributed by atoms with van der Waals surface area (Å²) >= 11 is 6.15. The van der Waals surface area contributed by atoms with Gasteiger partial charge < -0.3 is 9.47 Å².